The molecule has 17 heavy (non-hydrogen) atoms. The Hall–Kier alpha value is -0.640. The van der Waals surface area contributed by atoms with Crippen LogP contribution in [0.4, 0.5) is 4.39 Å². The van der Waals surface area contributed by atoms with Crippen LogP contribution in [0.1, 0.15) is 29.6 Å². The van der Waals surface area contributed by atoms with Crippen molar-refractivity contribution in [2.75, 3.05) is 6.54 Å². The maximum absolute atomic E-state index is 13.3. The fourth-order valence-electron chi connectivity index (χ4n) is 2.04. The number of benzene rings is 1. The van der Waals surface area contributed by atoms with Crippen LogP contribution in [0.2, 0.25) is 10.0 Å². The van der Waals surface area contributed by atoms with E-state index in [9.17, 15) is 9.18 Å². The molecule has 1 saturated heterocycles. The topological polar surface area (TPSA) is 29.1 Å². The van der Waals surface area contributed by atoms with E-state index < -0.39 is 5.82 Å². The maximum atomic E-state index is 13.3. The first-order valence-corrected chi connectivity index (χ1v) is 6.25. The van der Waals surface area contributed by atoms with Crippen LogP contribution in [0.3, 0.4) is 0 Å². The number of halogens is 3. The first-order valence-electron chi connectivity index (χ1n) is 5.49. The van der Waals surface area contributed by atoms with Gasteiger partial charge in [0.2, 0.25) is 0 Å². The molecule has 1 aliphatic heterocycles. The fourth-order valence-corrected chi connectivity index (χ4v) is 2.62. The average molecular weight is 276 g/mol. The molecule has 1 aliphatic rings. The monoisotopic (exact) mass is 275 g/mol. The lowest BCUT2D eigenvalue weighted by atomic mass is 10.0. The lowest BCUT2D eigenvalue weighted by Gasteiger charge is -2.11. The lowest BCUT2D eigenvalue weighted by molar-refractivity contribution is 0.0971. The SMILES string of the molecule is O=C(CC1CCCN1)c1c(Cl)ccc(F)c1Cl. The second-order valence-electron chi connectivity index (χ2n) is 4.14. The molecule has 92 valence electrons. The molecular formula is C12H12Cl2FNO. The minimum absolute atomic E-state index is 0.0991. The van der Waals surface area contributed by atoms with Gasteiger partial charge in [0, 0.05) is 12.5 Å². The first-order chi connectivity index (χ1) is 8.09. The molecule has 2 rings (SSSR count). The number of carbonyl (C=O) groups excluding carboxylic acids is 1. The minimum Gasteiger partial charge on any atom is -0.314 e. The van der Waals surface area contributed by atoms with Crippen molar-refractivity contribution in [3.63, 3.8) is 0 Å². The number of hydrogen-bond donors (Lipinski definition) is 1. The van der Waals surface area contributed by atoms with Gasteiger partial charge in [-0.25, -0.2) is 4.39 Å². The van der Waals surface area contributed by atoms with Crippen molar-refractivity contribution in [1.29, 1.82) is 0 Å². The molecule has 5 heteroatoms. The summed E-state index contributed by atoms with van der Waals surface area (Å²) < 4.78 is 13.3. The third kappa shape index (κ3) is 2.79. The summed E-state index contributed by atoms with van der Waals surface area (Å²) in [5.41, 5.74) is 0.0991. The molecule has 0 aromatic heterocycles. The van der Waals surface area contributed by atoms with E-state index in [1.807, 2.05) is 0 Å². The zero-order valence-corrected chi connectivity index (χ0v) is 10.6. The molecular weight excluding hydrogens is 264 g/mol. The van der Waals surface area contributed by atoms with Crippen molar-refractivity contribution in [2.24, 2.45) is 0 Å². The van der Waals surface area contributed by atoms with Crippen LogP contribution >= 0.6 is 23.2 Å². The zero-order chi connectivity index (χ0) is 12.4. The number of Topliss-reactive ketones (excluding diaryl/α,β-unsaturated/α-hetero) is 1. The molecule has 0 radical (unpaired) electrons. The summed E-state index contributed by atoms with van der Waals surface area (Å²) >= 11 is 11.7. The van der Waals surface area contributed by atoms with Crippen molar-refractivity contribution in [3.8, 4) is 0 Å². The van der Waals surface area contributed by atoms with Gasteiger partial charge in [0.15, 0.2) is 5.78 Å². The van der Waals surface area contributed by atoms with E-state index in [-0.39, 0.29) is 27.4 Å². The summed E-state index contributed by atoms with van der Waals surface area (Å²) in [7, 11) is 0. The van der Waals surface area contributed by atoms with Gasteiger partial charge in [0.25, 0.3) is 0 Å². The fraction of sp³-hybridized carbons (Fsp3) is 0.417. The third-order valence-corrected chi connectivity index (χ3v) is 3.60. The summed E-state index contributed by atoms with van der Waals surface area (Å²) in [6.07, 6.45) is 2.32. The summed E-state index contributed by atoms with van der Waals surface area (Å²) in [6, 6.07) is 2.67. The normalized spacial score (nSPS) is 19.6. The molecule has 1 N–H and O–H groups in total. The lowest BCUT2D eigenvalue weighted by Crippen LogP contribution is -2.24. The molecule has 2 nitrogen and oxygen atoms in total. The predicted molar refractivity (Wildman–Crippen MR) is 66.4 cm³/mol. The molecule has 0 bridgehead atoms. The highest BCUT2D eigenvalue weighted by molar-refractivity contribution is 6.39. The zero-order valence-electron chi connectivity index (χ0n) is 9.10. The molecule has 1 aromatic carbocycles. The van der Waals surface area contributed by atoms with Gasteiger partial charge in [0.05, 0.1) is 15.6 Å². The van der Waals surface area contributed by atoms with Crippen molar-refractivity contribution in [2.45, 2.75) is 25.3 Å². The quantitative estimate of drug-likeness (QED) is 0.676. The Labute approximate surface area is 109 Å². The Morgan fingerprint density at radius 1 is 1.47 bits per heavy atom. The van der Waals surface area contributed by atoms with Gasteiger partial charge in [-0.1, -0.05) is 23.2 Å². The maximum Gasteiger partial charge on any atom is 0.167 e. The predicted octanol–water partition coefficient (Wildman–Crippen LogP) is 3.46. The van der Waals surface area contributed by atoms with E-state index in [0.717, 1.165) is 25.5 Å². The van der Waals surface area contributed by atoms with E-state index in [2.05, 4.69) is 5.32 Å². The van der Waals surface area contributed by atoms with Crippen LogP contribution < -0.4 is 5.32 Å². The second-order valence-corrected chi connectivity index (χ2v) is 4.92. The van der Waals surface area contributed by atoms with Gasteiger partial charge < -0.3 is 5.32 Å². The van der Waals surface area contributed by atoms with Crippen LogP contribution in [0.5, 0.6) is 0 Å². The molecule has 1 atom stereocenters. The van der Waals surface area contributed by atoms with Gasteiger partial charge in [-0.15, -0.1) is 0 Å². The van der Waals surface area contributed by atoms with E-state index in [4.69, 9.17) is 23.2 Å². The summed E-state index contributed by atoms with van der Waals surface area (Å²) in [4.78, 5) is 12.0. The standard InChI is InChI=1S/C12H12Cl2FNO/c13-8-3-4-9(15)12(14)11(8)10(17)6-7-2-1-5-16-7/h3-4,7,16H,1-2,5-6H2. The number of carbonyl (C=O) groups is 1. The van der Waals surface area contributed by atoms with Crippen LogP contribution in [0.25, 0.3) is 0 Å². The molecule has 0 spiro atoms. The van der Waals surface area contributed by atoms with Crippen molar-refractivity contribution < 1.29 is 9.18 Å². The summed E-state index contributed by atoms with van der Waals surface area (Å²) in [5.74, 6) is -0.822. The van der Waals surface area contributed by atoms with Gasteiger partial charge in [-0.05, 0) is 31.5 Å². The Kier molecular flexibility index (Phi) is 4.02. The van der Waals surface area contributed by atoms with Crippen molar-refractivity contribution in [1.82, 2.24) is 5.32 Å². The Balaban J connectivity index is 2.21. The largest absolute Gasteiger partial charge is 0.314 e. The molecule has 1 aromatic rings. The highest BCUT2D eigenvalue weighted by Gasteiger charge is 2.23. The number of rotatable bonds is 3. The Bertz CT molecular complexity index is 444. The van der Waals surface area contributed by atoms with Gasteiger partial charge in [-0.3, -0.25) is 4.79 Å². The van der Waals surface area contributed by atoms with Crippen LogP contribution in [-0.2, 0) is 0 Å². The average Bonchev–Trinajstić information content (AvgIpc) is 2.77. The highest BCUT2D eigenvalue weighted by Crippen LogP contribution is 2.29. The summed E-state index contributed by atoms with van der Waals surface area (Å²) in [5, 5.41) is 3.24. The Morgan fingerprint density at radius 3 is 2.88 bits per heavy atom. The summed E-state index contributed by atoms with van der Waals surface area (Å²) in [6.45, 7) is 0.919. The smallest absolute Gasteiger partial charge is 0.167 e. The van der Waals surface area contributed by atoms with E-state index >= 15 is 0 Å². The minimum atomic E-state index is -0.612. The van der Waals surface area contributed by atoms with E-state index in [0.29, 0.717) is 6.42 Å². The first kappa shape index (κ1) is 12.8. The molecule has 0 saturated carbocycles. The van der Waals surface area contributed by atoms with Gasteiger partial charge >= 0.3 is 0 Å². The molecule has 1 fully saturated rings. The van der Waals surface area contributed by atoms with Crippen LogP contribution in [0.15, 0.2) is 12.1 Å². The number of nitrogens with one attached hydrogen (secondary N) is 1. The van der Waals surface area contributed by atoms with Crippen LogP contribution in [-0.4, -0.2) is 18.4 Å². The molecule has 0 aliphatic carbocycles. The van der Waals surface area contributed by atoms with Gasteiger partial charge in [-0.2, -0.15) is 0 Å². The van der Waals surface area contributed by atoms with Gasteiger partial charge in [0.1, 0.15) is 5.82 Å². The molecule has 0 amide bonds. The van der Waals surface area contributed by atoms with Crippen molar-refractivity contribution >= 4 is 29.0 Å². The van der Waals surface area contributed by atoms with Crippen molar-refractivity contribution in [3.05, 3.63) is 33.6 Å². The van der Waals surface area contributed by atoms with Crippen LogP contribution in [0, 0.1) is 5.82 Å². The molecule has 1 unspecified atom stereocenters. The molecule has 1 heterocycles. The Morgan fingerprint density at radius 2 is 2.24 bits per heavy atom. The third-order valence-electron chi connectivity index (χ3n) is 2.92. The number of hydrogen-bond acceptors (Lipinski definition) is 2. The number of ketones is 1. The second kappa shape index (κ2) is 5.34. The van der Waals surface area contributed by atoms with E-state index in [1.54, 1.807) is 0 Å². The highest BCUT2D eigenvalue weighted by atomic mass is 35.5. The van der Waals surface area contributed by atoms with E-state index in [1.165, 1.54) is 6.07 Å².